The lowest BCUT2D eigenvalue weighted by molar-refractivity contribution is 0.204. The Bertz CT molecular complexity index is 1380. The Morgan fingerprint density at radius 3 is 2.65 bits per heavy atom. The zero-order chi connectivity index (χ0) is 23.8. The van der Waals surface area contributed by atoms with Gasteiger partial charge in [0.2, 0.25) is 5.88 Å². The van der Waals surface area contributed by atoms with Crippen LogP contribution in [0.25, 0.3) is 16.9 Å². The van der Waals surface area contributed by atoms with Crippen LogP contribution in [-0.4, -0.2) is 37.5 Å². The van der Waals surface area contributed by atoms with Crippen molar-refractivity contribution in [2.24, 2.45) is 0 Å². The summed E-state index contributed by atoms with van der Waals surface area (Å²) in [5.74, 6) is -1.17. The molecule has 4 aromatic rings. The maximum absolute atomic E-state index is 14.4. The second kappa shape index (κ2) is 8.83. The average Bonchev–Trinajstić information content (AvgIpc) is 3.42. The molecule has 0 aliphatic carbocycles. The third kappa shape index (κ3) is 3.78. The maximum Gasteiger partial charge on any atom is 0.201 e. The van der Waals surface area contributed by atoms with Crippen molar-refractivity contribution < 1.29 is 13.5 Å². The molecule has 0 amide bonds. The molecule has 1 aromatic carbocycles. The number of nitrogens with zero attached hydrogens (tertiary/aromatic N) is 6. The highest BCUT2D eigenvalue weighted by molar-refractivity contribution is 5.68. The van der Waals surface area contributed by atoms with Crippen LogP contribution in [0.15, 0.2) is 36.5 Å². The molecule has 0 unspecified atom stereocenters. The van der Waals surface area contributed by atoms with Crippen LogP contribution in [0.5, 0.6) is 5.88 Å². The Kier molecular flexibility index (Phi) is 5.71. The van der Waals surface area contributed by atoms with Crippen molar-refractivity contribution in [2.75, 3.05) is 13.1 Å². The van der Waals surface area contributed by atoms with Gasteiger partial charge in [-0.3, -0.25) is 4.40 Å². The van der Waals surface area contributed by atoms with Gasteiger partial charge in [0.25, 0.3) is 0 Å². The first-order valence-corrected chi connectivity index (χ1v) is 11.1. The molecule has 4 heterocycles. The van der Waals surface area contributed by atoms with E-state index in [0.717, 1.165) is 31.6 Å². The smallest absolute Gasteiger partial charge is 0.201 e. The van der Waals surface area contributed by atoms with Crippen molar-refractivity contribution in [2.45, 2.75) is 38.8 Å². The van der Waals surface area contributed by atoms with Crippen LogP contribution < -0.4 is 10.1 Å². The number of imidazole rings is 1. The highest BCUT2D eigenvalue weighted by Gasteiger charge is 2.24. The summed E-state index contributed by atoms with van der Waals surface area (Å²) in [5.41, 5.74) is 2.78. The standard InChI is InChI=1S/C24H23F2N7O/c1-14-24(30-31-33(14)17-6-8-28-9-7-17)16-10-21-29-13-18(12-27)32(21)22(11-16)34-15(2)23-19(25)4-3-5-20(23)26/h3-5,10-11,13,15,17,28H,6-9H2,1-2H3/t15-/m1/s1. The topological polar surface area (TPSA) is 93.1 Å². The minimum atomic E-state index is -0.958. The Morgan fingerprint density at radius 1 is 1.21 bits per heavy atom. The van der Waals surface area contributed by atoms with E-state index in [1.54, 1.807) is 19.1 Å². The van der Waals surface area contributed by atoms with Crippen molar-refractivity contribution in [1.82, 2.24) is 29.7 Å². The fourth-order valence-electron chi connectivity index (χ4n) is 4.52. The zero-order valence-corrected chi connectivity index (χ0v) is 18.8. The van der Waals surface area contributed by atoms with Crippen molar-refractivity contribution in [1.29, 1.82) is 5.26 Å². The van der Waals surface area contributed by atoms with Gasteiger partial charge >= 0.3 is 0 Å². The number of benzene rings is 1. The molecule has 1 atom stereocenters. The van der Waals surface area contributed by atoms with Gasteiger partial charge in [-0.05, 0) is 58.0 Å². The van der Waals surface area contributed by atoms with E-state index in [4.69, 9.17) is 4.74 Å². The summed E-state index contributed by atoms with van der Waals surface area (Å²) in [6.45, 7) is 5.38. The molecule has 34 heavy (non-hydrogen) atoms. The summed E-state index contributed by atoms with van der Waals surface area (Å²) in [7, 11) is 0. The van der Waals surface area contributed by atoms with Crippen LogP contribution in [0.2, 0.25) is 0 Å². The number of piperidine rings is 1. The Balaban J connectivity index is 1.58. The lowest BCUT2D eigenvalue weighted by Crippen LogP contribution is -2.30. The number of hydrogen-bond acceptors (Lipinski definition) is 6. The summed E-state index contributed by atoms with van der Waals surface area (Å²) in [6, 6.07) is 9.52. The predicted octanol–water partition coefficient (Wildman–Crippen LogP) is 4.12. The first kappa shape index (κ1) is 22.0. The molecule has 3 aromatic heterocycles. The molecule has 8 nitrogen and oxygen atoms in total. The number of halogens is 2. The van der Waals surface area contributed by atoms with E-state index in [1.165, 1.54) is 28.8 Å². The molecule has 0 spiro atoms. The molecule has 1 fully saturated rings. The monoisotopic (exact) mass is 463 g/mol. The lowest BCUT2D eigenvalue weighted by atomic mass is 10.1. The SMILES string of the molecule is Cc1c(-c2cc(O[C@H](C)c3c(F)cccc3F)n3c(C#N)cnc3c2)nnn1C1CCNCC1. The van der Waals surface area contributed by atoms with Crippen LogP contribution >= 0.6 is 0 Å². The number of fused-ring (bicyclic) bond motifs is 1. The lowest BCUT2D eigenvalue weighted by Gasteiger charge is -2.23. The van der Waals surface area contributed by atoms with Crippen molar-refractivity contribution in [3.63, 3.8) is 0 Å². The van der Waals surface area contributed by atoms with Gasteiger partial charge in [0.05, 0.1) is 23.5 Å². The molecule has 174 valence electrons. The van der Waals surface area contributed by atoms with E-state index >= 15 is 0 Å². The number of nitriles is 1. The third-order valence-corrected chi connectivity index (χ3v) is 6.25. The molecule has 1 saturated heterocycles. The summed E-state index contributed by atoms with van der Waals surface area (Å²) >= 11 is 0. The highest BCUT2D eigenvalue weighted by Crippen LogP contribution is 2.33. The quantitative estimate of drug-likeness (QED) is 0.479. The van der Waals surface area contributed by atoms with E-state index in [2.05, 4.69) is 26.7 Å². The molecule has 1 aliphatic rings. The number of ether oxygens (including phenoxy) is 1. The Morgan fingerprint density at radius 2 is 1.94 bits per heavy atom. The van der Waals surface area contributed by atoms with Gasteiger partial charge in [0, 0.05) is 11.6 Å². The Hall–Kier alpha value is -3.84. The summed E-state index contributed by atoms with van der Waals surface area (Å²) in [6.07, 6.45) is 2.41. The van der Waals surface area contributed by atoms with E-state index < -0.39 is 17.7 Å². The number of hydrogen-bond donors (Lipinski definition) is 1. The van der Waals surface area contributed by atoms with Gasteiger partial charge in [-0.1, -0.05) is 11.3 Å². The Labute approximate surface area is 194 Å². The van der Waals surface area contributed by atoms with Gasteiger partial charge in [0.15, 0.2) is 0 Å². The number of pyridine rings is 1. The molecule has 5 rings (SSSR count). The van der Waals surface area contributed by atoms with Crippen LogP contribution in [0.1, 0.15) is 48.9 Å². The van der Waals surface area contributed by atoms with Gasteiger partial charge in [-0.2, -0.15) is 5.26 Å². The minimum Gasteiger partial charge on any atom is -0.470 e. The fourth-order valence-corrected chi connectivity index (χ4v) is 4.52. The van der Waals surface area contributed by atoms with Gasteiger partial charge in [0.1, 0.15) is 40.8 Å². The number of aromatic nitrogens is 5. The van der Waals surface area contributed by atoms with Gasteiger partial charge < -0.3 is 10.1 Å². The summed E-state index contributed by atoms with van der Waals surface area (Å²) in [5, 5.41) is 21.7. The van der Waals surface area contributed by atoms with E-state index in [-0.39, 0.29) is 23.2 Å². The van der Waals surface area contributed by atoms with Crippen LogP contribution in [0.3, 0.4) is 0 Å². The molecular weight excluding hydrogens is 440 g/mol. The minimum absolute atomic E-state index is 0.187. The highest BCUT2D eigenvalue weighted by atomic mass is 19.1. The van der Waals surface area contributed by atoms with Crippen molar-refractivity contribution in [3.8, 4) is 23.2 Å². The molecule has 0 radical (unpaired) electrons. The fraction of sp³-hybridized carbons (Fsp3) is 0.333. The largest absolute Gasteiger partial charge is 0.470 e. The summed E-state index contributed by atoms with van der Waals surface area (Å²) < 4.78 is 38.2. The first-order chi connectivity index (χ1) is 16.5. The van der Waals surface area contributed by atoms with Gasteiger partial charge in [-0.15, -0.1) is 5.10 Å². The molecule has 10 heteroatoms. The third-order valence-electron chi connectivity index (χ3n) is 6.25. The van der Waals surface area contributed by atoms with E-state index in [0.29, 0.717) is 16.9 Å². The second-order valence-electron chi connectivity index (χ2n) is 8.38. The average molecular weight is 463 g/mol. The molecular formula is C24H23F2N7O. The molecule has 1 aliphatic heterocycles. The predicted molar refractivity (Wildman–Crippen MR) is 120 cm³/mol. The van der Waals surface area contributed by atoms with E-state index in [9.17, 15) is 14.0 Å². The summed E-state index contributed by atoms with van der Waals surface area (Å²) in [4.78, 5) is 4.33. The number of rotatable bonds is 5. The van der Waals surface area contributed by atoms with E-state index in [1.807, 2.05) is 11.6 Å². The van der Waals surface area contributed by atoms with Crippen LogP contribution in [-0.2, 0) is 0 Å². The molecule has 1 N–H and O–H groups in total. The van der Waals surface area contributed by atoms with Gasteiger partial charge in [-0.25, -0.2) is 18.4 Å². The van der Waals surface area contributed by atoms with Crippen molar-refractivity contribution in [3.05, 3.63) is 65.1 Å². The van der Waals surface area contributed by atoms with Crippen LogP contribution in [0.4, 0.5) is 8.78 Å². The molecule has 0 bridgehead atoms. The van der Waals surface area contributed by atoms with Crippen LogP contribution in [0, 0.1) is 29.9 Å². The number of nitrogens with one attached hydrogen (secondary N) is 1. The first-order valence-electron chi connectivity index (χ1n) is 11.1. The second-order valence-corrected chi connectivity index (χ2v) is 8.38. The molecule has 0 saturated carbocycles. The normalized spacial score (nSPS) is 15.4. The zero-order valence-electron chi connectivity index (χ0n) is 18.8. The van der Waals surface area contributed by atoms with Crippen molar-refractivity contribution >= 4 is 5.65 Å². The maximum atomic E-state index is 14.4.